The number of likely N-dealkylation sites (N-methyl/N-ethyl adjacent to an activating group) is 1. The average molecular weight is 418 g/mol. The summed E-state index contributed by atoms with van der Waals surface area (Å²) in [6.45, 7) is 12.6. The third-order valence-electron chi connectivity index (χ3n) is 6.27. The number of hydrogen-bond donors (Lipinski definition) is 1. The standard InChI is InChI=1S/C23H39N5S/c1-19(2)22(27-14-12-26(4)13-15-27)16-25-23(24-3)28-11-10-20(17-28)18-29-21-8-6-5-7-9-21/h5-9,19-20,22H,10-18H2,1-4H3,(H,24,25). The Morgan fingerprint density at radius 3 is 2.52 bits per heavy atom. The average Bonchev–Trinajstić information content (AvgIpc) is 3.20. The first kappa shape index (κ1) is 22.4. The molecule has 0 aliphatic carbocycles. The molecule has 162 valence electrons. The maximum absolute atomic E-state index is 4.61. The normalized spacial score (nSPS) is 23.0. The van der Waals surface area contributed by atoms with Crippen LogP contribution in [0.4, 0.5) is 0 Å². The first-order valence-corrected chi connectivity index (χ1v) is 12.1. The van der Waals surface area contributed by atoms with Crippen LogP contribution in [0.15, 0.2) is 40.2 Å². The Balaban J connectivity index is 1.46. The van der Waals surface area contributed by atoms with E-state index < -0.39 is 0 Å². The summed E-state index contributed by atoms with van der Waals surface area (Å²) in [5.41, 5.74) is 0. The predicted molar refractivity (Wildman–Crippen MR) is 126 cm³/mol. The van der Waals surface area contributed by atoms with E-state index in [1.807, 2.05) is 18.8 Å². The van der Waals surface area contributed by atoms with Crippen LogP contribution < -0.4 is 5.32 Å². The van der Waals surface area contributed by atoms with Crippen molar-refractivity contribution >= 4 is 17.7 Å². The van der Waals surface area contributed by atoms with Gasteiger partial charge in [-0.2, -0.15) is 0 Å². The van der Waals surface area contributed by atoms with E-state index in [2.05, 4.69) is 76.2 Å². The van der Waals surface area contributed by atoms with Crippen molar-refractivity contribution in [1.29, 1.82) is 0 Å². The molecule has 2 atom stereocenters. The smallest absolute Gasteiger partial charge is 0.193 e. The number of likely N-dealkylation sites (tertiary alicyclic amines) is 1. The van der Waals surface area contributed by atoms with Crippen molar-refractivity contribution in [3.8, 4) is 0 Å². The highest BCUT2D eigenvalue weighted by atomic mass is 32.2. The highest BCUT2D eigenvalue weighted by Crippen LogP contribution is 2.26. The summed E-state index contributed by atoms with van der Waals surface area (Å²) in [4.78, 5) is 13.5. The minimum atomic E-state index is 0.562. The van der Waals surface area contributed by atoms with E-state index in [0.29, 0.717) is 12.0 Å². The third-order valence-corrected chi connectivity index (χ3v) is 7.52. The Kier molecular flexibility index (Phi) is 8.69. The number of guanidine groups is 1. The second-order valence-corrected chi connectivity index (χ2v) is 9.90. The molecule has 3 rings (SSSR count). The Morgan fingerprint density at radius 1 is 1.14 bits per heavy atom. The van der Waals surface area contributed by atoms with Gasteiger partial charge in [-0.3, -0.25) is 9.89 Å². The Hall–Kier alpha value is -1.24. The topological polar surface area (TPSA) is 34.1 Å². The van der Waals surface area contributed by atoms with E-state index in [1.54, 1.807) is 0 Å². The van der Waals surface area contributed by atoms with Crippen molar-refractivity contribution in [2.24, 2.45) is 16.8 Å². The van der Waals surface area contributed by atoms with Crippen molar-refractivity contribution in [1.82, 2.24) is 20.0 Å². The van der Waals surface area contributed by atoms with Crippen molar-refractivity contribution in [2.45, 2.75) is 31.2 Å². The van der Waals surface area contributed by atoms with Gasteiger partial charge >= 0.3 is 0 Å². The fraction of sp³-hybridized carbons (Fsp3) is 0.696. The van der Waals surface area contributed by atoms with E-state index in [4.69, 9.17) is 0 Å². The zero-order valence-corrected chi connectivity index (χ0v) is 19.5. The van der Waals surface area contributed by atoms with Crippen LogP contribution in [0.2, 0.25) is 0 Å². The molecule has 2 saturated heterocycles. The molecule has 2 heterocycles. The number of rotatable bonds is 7. The highest BCUT2D eigenvalue weighted by molar-refractivity contribution is 7.99. The Bertz CT molecular complexity index is 627. The zero-order valence-electron chi connectivity index (χ0n) is 18.7. The van der Waals surface area contributed by atoms with Crippen LogP contribution in [-0.2, 0) is 0 Å². The van der Waals surface area contributed by atoms with Crippen LogP contribution in [0, 0.1) is 11.8 Å². The molecule has 0 spiro atoms. The largest absolute Gasteiger partial charge is 0.355 e. The number of nitrogens with one attached hydrogen (secondary N) is 1. The second-order valence-electron chi connectivity index (χ2n) is 8.80. The lowest BCUT2D eigenvalue weighted by Crippen LogP contribution is -2.55. The van der Waals surface area contributed by atoms with Gasteiger partial charge in [0.25, 0.3) is 0 Å². The van der Waals surface area contributed by atoms with Gasteiger partial charge < -0.3 is 15.1 Å². The van der Waals surface area contributed by atoms with Crippen LogP contribution in [0.1, 0.15) is 20.3 Å². The minimum absolute atomic E-state index is 0.562. The molecule has 1 aromatic carbocycles. The van der Waals surface area contributed by atoms with Gasteiger partial charge in [0.2, 0.25) is 0 Å². The quantitative estimate of drug-likeness (QED) is 0.419. The molecule has 2 fully saturated rings. The number of benzene rings is 1. The molecule has 2 aliphatic rings. The molecule has 6 heteroatoms. The molecular formula is C23H39N5S. The lowest BCUT2D eigenvalue weighted by atomic mass is 10.0. The van der Waals surface area contributed by atoms with Crippen molar-refractivity contribution in [3.63, 3.8) is 0 Å². The van der Waals surface area contributed by atoms with Crippen LogP contribution in [0.5, 0.6) is 0 Å². The van der Waals surface area contributed by atoms with E-state index in [0.717, 1.165) is 31.5 Å². The van der Waals surface area contributed by atoms with Gasteiger partial charge in [0.05, 0.1) is 0 Å². The SMILES string of the molecule is CN=C(NCC(C(C)C)N1CCN(C)CC1)N1CCC(CSc2ccccc2)C1. The predicted octanol–water partition coefficient (Wildman–Crippen LogP) is 2.95. The van der Waals surface area contributed by atoms with Gasteiger partial charge in [-0.1, -0.05) is 32.0 Å². The maximum Gasteiger partial charge on any atom is 0.193 e. The van der Waals surface area contributed by atoms with Gasteiger partial charge in [0.15, 0.2) is 5.96 Å². The summed E-state index contributed by atoms with van der Waals surface area (Å²) in [5.74, 6) is 3.64. The molecule has 0 aromatic heterocycles. The van der Waals surface area contributed by atoms with Crippen LogP contribution >= 0.6 is 11.8 Å². The van der Waals surface area contributed by atoms with Crippen LogP contribution in [-0.4, -0.2) is 92.4 Å². The van der Waals surface area contributed by atoms with Gasteiger partial charge in [-0.05, 0) is 37.4 Å². The van der Waals surface area contributed by atoms with Gasteiger partial charge in [-0.25, -0.2) is 0 Å². The Labute approximate surface area is 181 Å². The number of thioether (sulfide) groups is 1. The van der Waals surface area contributed by atoms with Gasteiger partial charge in [0.1, 0.15) is 0 Å². The first-order valence-electron chi connectivity index (χ1n) is 11.1. The summed E-state index contributed by atoms with van der Waals surface area (Å²) in [5, 5.41) is 3.71. The molecule has 1 N–H and O–H groups in total. The number of nitrogens with zero attached hydrogens (tertiary/aromatic N) is 4. The van der Waals surface area contributed by atoms with Crippen molar-refractivity contribution in [3.05, 3.63) is 30.3 Å². The molecule has 29 heavy (non-hydrogen) atoms. The summed E-state index contributed by atoms with van der Waals surface area (Å²) in [7, 11) is 4.15. The monoisotopic (exact) mass is 417 g/mol. The highest BCUT2D eigenvalue weighted by Gasteiger charge is 2.28. The number of hydrogen-bond acceptors (Lipinski definition) is 4. The third kappa shape index (κ3) is 6.63. The molecular weight excluding hydrogens is 378 g/mol. The molecule has 2 unspecified atom stereocenters. The van der Waals surface area contributed by atoms with E-state index in [-0.39, 0.29) is 0 Å². The zero-order chi connectivity index (χ0) is 20.6. The molecule has 0 radical (unpaired) electrons. The van der Waals surface area contributed by atoms with E-state index >= 15 is 0 Å². The van der Waals surface area contributed by atoms with E-state index in [9.17, 15) is 0 Å². The van der Waals surface area contributed by atoms with Gasteiger partial charge in [0, 0.05) is 69.6 Å². The molecule has 1 aromatic rings. The lowest BCUT2D eigenvalue weighted by Gasteiger charge is -2.40. The van der Waals surface area contributed by atoms with E-state index in [1.165, 1.54) is 43.2 Å². The summed E-state index contributed by atoms with van der Waals surface area (Å²) in [6, 6.07) is 11.3. The first-order chi connectivity index (χ1) is 14.1. The molecule has 0 saturated carbocycles. The maximum atomic E-state index is 4.61. The van der Waals surface area contributed by atoms with Crippen molar-refractivity contribution in [2.75, 3.05) is 65.7 Å². The van der Waals surface area contributed by atoms with Crippen LogP contribution in [0.25, 0.3) is 0 Å². The fourth-order valence-electron chi connectivity index (χ4n) is 4.36. The Morgan fingerprint density at radius 2 is 1.86 bits per heavy atom. The van der Waals surface area contributed by atoms with Crippen molar-refractivity contribution < 1.29 is 0 Å². The van der Waals surface area contributed by atoms with Crippen LogP contribution in [0.3, 0.4) is 0 Å². The fourth-order valence-corrected chi connectivity index (χ4v) is 5.41. The van der Waals surface area contributed by atoms with Gasteiger partial charge in [-0.15, -0.1) is 11.8 Å². The molecule has 0 amide bonds. The lowest BCUT2D eigenvalue weighted by molar-refractivity contribution is 0.0897. The summed E-state index contributed by atoms with van der Waals surface area (Å²) < 4.78 is 0. The second kappa shape index (κ2) is 11.2. The number of aliphatic imine (C=N–C) groups is 1. The number of piperazine rings is 1. The summed E-state index contributed by atoms with van der Waals surface area (Å²) in [6.07, 6.45) is 1.26. The summed E-state index contributed by atoms with van der Waals surface area (Å²) >= 11 is 1.98. The molecule has 2 aliphatic heterocycles. The minimum Gasteiger partial charge on any atom is -0.355 e. The molecule has 0 bridgehead atoms. The molecule has 5 nitrogen and oxygen atoms in total.